The summed E-state index contributed by atoms with van der Waals surface area (Å²) in [7, 11) is 0. The Bertz CT molecular complexity index is 1090. The van der Waals surface area contributed by atoms with Crippen molar-refractivity contribution < 1.29 is 14.6 Å². The van der Waals surface area contributed by atoms with E-state index < -0.39 is 6.10 Å². The number of benzene rings is 3. The number of carbonyl (C=O) groups excluding carboxylic acids is 1. The minimum absolute atomic E-state index is 0.00955. The molecule has 3 aromatic carbocycles. The number of rotatable bonds is 6. The summed E-state index contributed by atoms with van der Waals surface area (Å²) in [6.07, 6.45) is 2.49. The fourth-order valence-electron chi connectivity index (χ4n) is 4.58. The van der Waals surface area contributed by atoms with Crippen LogP contribution in [0.5, 0.6) is 5.75 Å². The van der Waals surface area contributed by atoms with Crippen molar-refractivity contribution in [2.24, 2.45) is 0 Å². The maximum Gasteiger partial charge on any atom is 0.198 e. The lowest BCUT2D eigenvalue weighted by molar-refractivity contribution is 0.0978. The Morgan fingerprint density at radius 3 is 2.53 bits per heavy atom. The van der Waals surface area contributed by atoms with Gasteiger partial charge in [-0.05, 0) is 47.6 Å². The van der Waals surface area contributed by atoms with Gasteiger partial charge >= 0.3 is 0 Å². The molecule has 0 heterocycles. The van der Waals surface area contributed by atoms with E-state index in [9.17, 15) is 9.90 Å². The molecule has 30 heavy (non-hydrogen) atoms. The number of fused-ring (bicyclic) bond motifs is 4. The zero-order valence-corrected chi connectivity index (χ0v) is 16.8. The van der Waals surface area contributed by atoms with Crippen molar-refractivity contribution in [1.82, 2.24) is 5.32 Å². The molecule has 2 aliphatic carbocycles. The summed E-state index contributed by atoms with van der Waals surface area (Å²) in [6, 6.07) is 22.2. The molecule has 5 rings (SSSR count). The maximum absolute atomic E-state index is 12.8. The molecule has 0 amide bonds. The summed E-state index contributed by atoms with van der Waals surface area (Å²) in [6.45, 7) is 0.617. The number of ketones is 1. The number of nitrogens with one attached hydrogen (secondary N) is 1. The lowest BCUT2D eigenvalue weighted by Crippen LogP contribution is -2.40. The van der Waals surface area contributed by atoms with Gasteiger partial charge in [0, 0.05) is 18.2 Å². The molecule has 2 N–H and O–H groups in total. The zero-order chi connectivity index (χ0) is 20.5. The Balaban J connectivity index is 1.19. The third-order valence-electron chi connectivity index (χ3n) is 6.14. The van der Waals surface area contributed by atoms with Crippen molar-refractivity contribution >= 4 is 5.78 Å². The van der Waals surface area contributed by atoms with E-state index in [0.717, 1.165) is 30.4 Å². The third kappa shape index (κ3) is 3.53. The molecule has 0 saturated heterocycles. The second kappa shape index (κ2) is 8.05. The highest BCUT2D eigenvalue weighted by Crippen LogP contribution is 2.40. The second-order valence-corrected chi connectivity index (χ2v) is 8.13. The Morgan fingerprint density at radius 2 is 1.67 bits per heavy atom. The van der Waals surface area contributed by atoms with Crippen LogP contribution < -0.4 is 10.1 Å². The molecule has 0 spiro atoms. The van der Waals surface area contributed by atoms with Crippen LogP contribution in [-0.4, -0.2) is 36.2 Å². The molecule has 152 valence electrons. The number of ether oxygens (including phenoxy) is 1. The van der Waals surface area contributed by atoms with E-state index in [1.54, 1.807) is 6.07 Å². The summed E-state index contributed by atoms with van der Waals surface area (Å²) in [4.78, 5) is 12.8. The maximum atomic E-state index is 12.8. The molecule has 0 aromatic heterocycles. The SMILES string of the molecule is O=C1c2ccccc2-c2cccc(OCC(O)CNC3CCc4ccccc4C3)c21. The first-order valence-corrected chi connectivity index (χ1v) is 10.6. The predicted octanol–water partition coefficient (Wildman–Crippen LogP) is 3.78. The van der Waals surface area contributed by atoms with Crippen molar-refractivity contribution in [3.05, 3.63) is 89.0 Å². The summed E-state index contributed by atoms with van der Waals surface area (Å²) in [5, 5.41) is 13.9. The average Bonchev–Trinajstić information content (AvgIpc) is 3.09. The first kappa shape index (κ1) is 19.0. The molecule has 2 aliphatic rings. The molecule has 2 unspecified atom stereocenters. The molecule has 2 atom stereocenters. The van der Waals surface area contributed by atoms with Crippen LogP contribution in [0.15, 0.2) is 66.7 Å². The van der Waals surface area contributed by atoms with Gasteiger partial charge in [-0.25, -0.2) is 0 Å². The topological polar surface area (TPSA) is 58.6 Å². The van der Waals surface area contributed by atoms with Crippen LogP contribution in [-0.2, 0) is 12.8 Å². The summed E-state index contributed by atoms with van der Waals surface area (Å²) in [5.41, 5.74) is 5.99. The van der Waals surface area contributed by atoms with Crippen LogP contribution in [0.2, 0.25) is 0 Å². The highest BCUT2D eigenvalue weighted by molar-refractivity contribution is 6.23. The largest absolute Gasteiger partial charge is 0.490 e. The Labute approximate surface area is 176 Å². The highest BCUT2D eigenvalue weighted by atomic mass is 16.5. The first-order valence-electron chi connectivity index (χ1n) is 10.6. The van der Waals surface area contributed by atoms with Gasteiger partial charge in [0.2, 0.25) is 0 Å². The molecule has 0 saturated carbocycles. The van der Waals surface area contributed by atoms with Gasteiger partial charge in [0.15, 0.2) is 5.78 Å². The van der Waals surface area contributed by atoms with Gasteiger partial charge in [-0.15, -0.1) is 0 Å². The minimum atomic E-state index is -0.642. The van der Waals surface area contributed by atoms with Gasteiger partial charge < -0.3 is 15.2 Å². The Hall–Kier alpha value is -2.95. The van der Waals surface area contributed by atoms with E-state index in [0.29, 0.717) is 29.5 Å². The van der Waals surface area contributed by atoms with Crippen molar-refractivity contribution in [2.75, 3.05) is 13.2 Å². The molecule has 0 fully saturated rings. The van der Waals surface area contributed by atoms with Gasteiger partial charge in [0.1, 0.15) is 18.5 Å². The molecule has 4 heteroatoms. The molecule has 4 nitrogen and oxygen atoms in total. The standard InChI is InChI=1S/C26H25NO3/c28-20(15-27-19-13-12-17-6-1-2-7-18(17)14-19)16-30-24-11-5-10-22-21-8-3-4-9-23(21)26(29)25(22)24/h1-11,19-20,27-28H,12-16H2. The lowest BCUT2D eigenvalue weighted by Gasteiger charge is -2.26. The smallest absolute Gasteiger partial charge is 0.198 e. The molecular formula is C26H25NO3. The lowest BCUT2D eigenvalue weighted by atomic mass is 9.88. The van der Waals surface area contributed by atoms with E-state index in [2.05, 4.69) is 29.6 Å². The zero-order valence-electron chi connectivity index (χ0n) is 16.8. The minimum Gasteiger partial charge on any atom is -0.490 e. The number of hydrogen-bond acceptors (Lipinski definition) is 4. The van der Waals surface area contributed by atoms with Crippen molar-refractivity contribution in [3.63, 3.8) is 0 Å². The fourth-order valence-corrected chi connectivity index (χ4v) is 4.58. The number of carbonyl (C=O) groups is 1. The molecule has 3 aromatic rings. The molecule has 0 bridgehead atoms. The van der Waals surface area contributed by atoms with Crippen LogP contribution in [0.3, 0.4) is 0 Å². The van der Waals surface area contributed by atoms with E-state index in [-0.39, 0.29) is 12.4 Å². The Kier molecular flexibility index (Phi) is 5.11. The van der Waals surface area contributed by atoms with Crippen molar-refractivity contribution in [2.45, 2.75) is 31.4 Å². The van der Waals surface area contributed by atoms with Crippen molar-refractivity contribution in [1.29, 1.82) is 0 Å². The predicted molar refractivity (Wildman–Crippen MR) is 117 cm³/mol. The highest BCUT2D eigenvalue weighted by Gasteiger charge is 2.29. The van der Waals surface area contributed by atoms with Gasteiger partial charge in [-0.3, -0.25) is 4.79 Å². The van der Waals surface area contributed by atoms with E-state index in [1.165, 1.54) is 11.1 Å². The molecule has 0 radical (unpaired) electrons. The molecule has 0 aliphatic heterocycles. The monoisotopic (exact) mass is 399 g/mol. The van der Waals surface area contributed by atoms with E-state index >= 15 is 0 Å². The fraction of sp³-hybridized carbons (Fsp3) is 0.269. The van der Waals surface area contributed by atoms with Crippen LogP contribution in [0.4, 0.5) is 0 Å². The van der Waals surface area contributed by atoms with E-state index in [4.69, 9.17) is 4.74 Å². The van der Waals surface area contributed by atoms with Crippen LogP contribution >= 0.6 is 0 Å². The number of hydrogen-bond donors (Lipinski definition) is 2. The van der Waals surface area contributed by atoms with Crippen LogP contribution in [0.25, 0.3) is 11.1 Å². The van der Waals surface area contributed by atoms with Crippen LogP contribution in [0, 0.1) is 0 Å². The normalized spacial score (nSPS) is 17.8. The first-order chi connectivity index (χ1) is 14.7. The van der Waals surface area contributed by atoms with Gasteiger partial charge in [0.25, 0.3) is 0 Å². The van der Waals surface area contributed by atoms with Crippen LogP contribution in [0.1, 0.15) is 33.5 Å². The molecular weight excluding hydrogens is 374 g/mol. The quantitative estimate of drug-likeness (QED) is 0.518. The summed E-state index contributed by atoms with van der Waals surface area (Å²) in [5.74, 6) is 0.532. The van der Waals surface area contributed by atoms with Crippen molar-refractivity contribution in [3.8, 4) is 16.9 Å². The second-order valence-electron chi connectivity index (χ2n) is 8.13. The third-order valence-corrected chi connectivity index (χ3v) is 6.14. The summed E-state index contributed by atoms with van der Waals surface area (Å²) >= 11 is 0. The number of aryl methyl sites for hydroxylation is 1. The average molecular weight is 399 g/mol. The Morgan fingerprint density at radius 1 is 0.933 bits per heavy atom. The van der Waals surface area contributed by atoms with Gasteiger partial charge in [0.05, 0.1) is 5.56 Å². The van der Waals surface area contributed by atoms with Gasteiger partial charge in [-0.1, -0.05) is 60.7 Å². The van der Waals surface area contributed by atoms with E-state index in [1.807, 2.05) is 36.4 Å². The number of aliphatic hydroxyl groups excluding tert-OH is 1. The number of aliphatic hydroxyl groups is 1. The van der Waals surface area contributed by atoms with Gasteiger partial charge in [-0.2, -0.15) is 0 Å². The summed E-state index contributed by atoms with van der Waals surface area (Å²) < 4.78 is 5.90.